The van der Waals surface area contributed by atoms with Gasteiger partial charge in [-0.2, -0.15) is 0 Å². The zero-order valence-electron chi connectivity index (χ0n) is 9.87. The van der Waals surface area contributed by atoms with Crippen LogP contribution in [0.5, 0.6) is 5.75 Å². The molecule has 1 atom stereocenters. The molecule has 0 amide bonds. The lowest BCUT2D eigenvalue weighted by Crippen LogP contribution is -2.26. The first-order valence-electron chi connectivity index (χ1n) is 5.44. The van der Waals surface area contributed by atoms with Gasteiger partial charge in [0.2, 0.25) is 4.27 Å². The zero-order valence-corrected chi connectivity index (χ0v) is 11.5. The first kappa shape index (κ1) is 13.3. The lowest BCUT2D eigenvalue weighted by molar-refractivity contribution is -0.456. The number of aryl methyl sites for hydroxylation is 1. The summed E-state index contributed by atoms with van der Waals surface area (Å²) in [6.07, 6.45) is 2.65. The highest BCUT2D eigenvalue weighted by Gasteiger charge is 2.37. The molecule has 0 fully saturated rings. The van der Waals surface area contributed by atoms with Crippen LogP contribution < -0.4 is 4.74 Å². The maximum atomic E-state index is 10.5. The summed E-state index contributed by atoms with van der Waals surface area (Å²) in [7, 11) is 0. The molecule has 4 nitrogen and oxygen atoms in total. The predicted molar refractivity (Wildman–Crippen MR) is 75.3 cm³/mol. The quantitative estimate of drug-likeness (QED) is 0.469. The van der Waals surface area contributed by atoms with Crippen molar-refractivity contribution in [3.05, 3.63) is 51.4 Å². The van der Waals surface area contributed by atoms with Crippen molar-refractivity contribution in [3.63, 3.8) is 0 Å². The van der Waals surface area contributed by atoms with Gasteiger partial charge in [-0.1, -0.05) is 35.5 Å². The molecule has 0 bridgehead atoms. The van der Waals surface area contributed by atoms with Gasteiger partial charge >= 0.3 is 0 Å². The molecule has 1 aliphatic rings. The predicted octanol–water partition coefficient (Wildman–Crippen LogP) is 3.65. The minimum atomic E-state index is -0.595. The average Bonchev–Trinajstić information content (AvgIpc) is 2.79. The fourth-order valence-electron chi connectivity index (χ4n) is 1.52. The van der Waals surface area contributed by atoms with E-state index >= 15 is 0 Å². The minimum Gasteiger partial charge on any atom is -0.466 e. The Morgan fingerprint density at radius 3 is 2.78 bits per heavy atom. The summed E-state index contributed by atoms with van der Waals surface area (Å²) in [6, 6.07) is 7.72. The maximum absolute atomic E-state index is 10.5. The van der Waals surface area contributed by atoms with Gasteiger partial charge in [-0.15, -0.1) is 0 Å². The van der Waals surface area contributed by atoms with E-state index in [9.17, 15) is 10.1 Å². The number of hydrogen-bond acceptors (Lipinski definition) is 5. The highest BCUT2D eigenvalue weighted by Crippen LogP contribution is 2.46. The van der Waals surface area contributed by atoms with Gasteiger partial charge in [-0.3, -0.25) is 10.1 Å². The standard InChI is InChI=1S/C12H13NO3S2/c1-10-3-5-11(6-4-10)16-12(7-2-8-17-12)18-9-13(14)15/h2-6,8H,7,9H2,1H3. The van der Waals surface area contributed by atoms with Gasteiger partial charge in [0.1, 0.15) is 5.75 Å². The minimum absolute atomic E-state index is 0.152. The van der Waals surface area contributed by atoms with E-state index in [0.29, 0.717) is 6.42 Å². The van der Waals surface area contributed by atoms with Gasteiger partial charge in [-0.05, 0) is 36.2 Å². The number of benzene rings is 1. The molecule has 2 rings (SSSR count). The molecular formula is C12H13NO3S2. The fourth-order valence-corrected chi connectivity index (χ4v) is 3.52. The summed E-state index contributed by atoms with van der Waals surface area (Å²) in [5.41, 5.74) is 1.16. The third kappa shape index (κ3) is 3.43. The normalized spacial score (nSPS) is 22.1. The number of nitro groups is 1. The Morgan fingerprint density at radius 1 is 1.50 bits per heavy atom. The van der Waals surface area contributed by atoms with E-state index in [4.69, 9.17) is 4.74 Å². The highest BCUT2D eigenvalue weighted by atomic mass is 32.2. The molecule has 0 aliphatic carbocycles. The second-order valence-electron chi connectivity index (χ2n) is 3.90. The van der Waals surface area contributed by atoms with Gasteiger partial charge in [0.15, 0.2) is 0 Å². The van der Waals surface area contributed by atoms with E-state index < -0.39 is 4.27 Å². The van der Waals surface area contributed by atoms with Gasteiger partial charge in [-0.25, -0.2) is 0 Å². The van der Waals surface area contributed by atoms with Gasteiger partial charge < -0.3 is 4.74 Å². The van der Waals surface area contributed by atoms with E-state index in [0.717, 1.165) is 11.3 Å². The molecule has 0 radical (unpaired) electrons. The lowest BCUT2D eigenvalue weighted by atomic mass is 10.2. The number of nitrogens with zero attached hydrogens (tertiary/aromatic N) is 1. The first-order chi connectivity index (χ1) is 8.60. The van der Waals surface area contributed by atoms with Crippen LogP contribution in [0.2, 0.25) is 0 Å². The Bertz CT molecular complexity index is 451. The largest absolute Gasteiger partial charge is 0.466 e. The second-order valence-corrected chi connectivity index (χ2v) is 6.53. The van der Waals surface area contributed by atoms with Crippen LogP contribution in [0.3, 0.4) is 0 Å². The summed E-state index contributed by atoms with van der Waals surface area (Å²) in [5.74, 6) is 0.591. The van der Waals surface area contributed by atoms with Crippen LogP contribution in [0.25, 0.3) is 0 Å². The molecule has 1 aliphatic heterocycles. The SMILES string of the molecule is Cc1ccc(OC2(SC[N+](=O)[O-])CC=CS2)cc1. The van der Waals surface area contributed by atoms with Gasteiger partial charge in [0.05, 0.1) is 0 Å². The summed E-state index contributed by atoms with van der Waals surface area (Å²) < 4.78 is 5.33. The van der Waals surface area contributed by atoms with Crippen molar-refractivity contribution >= 4 is 23.5 Å². The Morgan fingerprint density at radius 2 is 2.22 bits per heavy atom. The second kappa shape index (κ2) is 5.67. The molecule has 0 saturated heterocycles. The van der Waals surface area contributed by atoms with Crippen LogP contribution in [0, 0.1) is 17.0 Å². The summed E-state index contributed by atoms with van der Waals surface area (Å²) >= 11 is 2.70. The van der Waals surface area contributed by atoms with Crippen molar-refractivity contribution in [3.8, 4) is 5.75 Å². The van der Waals surface area contributed by atoms with Crippen molar-refractivity contribution in [2.75, 3.05) is 5.88 Å². The van der Waals surface area contributed by atoms with Crippen molar-refractivity contribution in [2.24, 2.45) is 0 Å². The molecule has 1 unspecified atom stereocenters. The van der Waals surface area contributed by atoms with E-state index in [1.165, 1.54) is 23.5 Å². The van der Waals surface area contributed by atoms with E-state index in [-0.39, 0.29) is 10.8 Å². The zero-order chi connectivity index (χ0) is 13.0. The van der Waals surface area contributed by atoms with Crippen LogP contribution in [0.15, 0.2) is 35.7 Å². The van der Waals surface area contributed by atoms with E-state index in [2.05, 4.69) is 0 Å². The van der Waals surface area contributed by atoms with Crippen LogP contribution in [-0.4, -0.2) is 15.1 Å². The molecule has 18 heavy (non-hydrogen) atoms. The molecule has 1 heterocycles. The van der Waals surface area contributed by atoms with Crippen LogP contribution in [0.4, 0.5) is 0 Å². The van der Waals surface area contributed by atoms with Crippen LogP contribution in [-0.2, 0) is 0 Å². The van der Waals surface area contributed by atoms with Crippen molar-refractivity contribution in [1.29, 1.82) is 0 Å². The molecule has 6 heteroatoms. The maximum Gasteiger partial charge on any atom is 0.253 e. The number of hydrogen-bond donors (Lipinski definition) is 0. The Labute approximate surface area is 114 Å². The van der Waals surface area contributed by atoms with Gasteiger partial charge in [0, 0.05) is 11.3 Å². The van der Waals surface area contributed by atoms with Gasteiger partial charge in [0.25, 0.3) is 5.88 Å². The Kier molecular flexibility index (Phi) is 4.19. The molecular weight excluding hydrogens is 270 g/mol. The smallest absolute Gasteiger partial charge is 0.253 e. The molecule has 0 aromatic heterocycles. The number of ether oxygens (including phenoxy) is 1. The first-order valence-corrected chi connectivity index (χ1v) is 7.30. The Hall–Kier alpha value is -1.14. The average molecular weight is 283 g/mol. The topological polar surface area (TPSA) is 52.4 Å². The summed E-state index contributed by atoms with van der Waals surface area (Å²) in [6.45, 7) is 2.01. The third-order valence-electron chi connectivity index (χ3n) is 2.40. The van der Waals surface area contributed by atoms with E-state index in [1.807, 2.05) is 42.7 Å². The van der Waals surface area contributed by atoms with Crippen LogP contribution in [0.1, 0.15) is 12.0 Å². The molecule has 0 saturated carbocycles. The molecule has 1 aromatic rings. The number of rotatable bonds is 5. The fraction of sp³-hybridized carbons (Fsp3) is 0.333. The Balaban J connectivity index is 2.06. The van der Waals surface area contributed by atoms with E-state index in [1.54, 1.807) is 0 Å². The van der Waals surface area contributed by atoms with Crippen molar-refractivity contribution < 1.29 is 9.66 Å². The molecule has 0 N–H and O–H groups in total. The third-order valence-corrected chi connectivity index (χ3v) is 5.01. The van der Waals surface area contributed by atoms with Crippen LogP contribution >= 0.6 is 23.5 Å². The number of thioether (sulfide) groups is 2. The van der Waals surface area contributed by atoms with Crippen molar-refractivity contribution in [2.45, 2.75) is 17.6 Å². The summed E-state index contributed by atoms with van der Waals surface area (Å²) in [4.78, 5) is 10.2. The molecule has 1 aromatic carbocycles. The monoisotopic (exact) mass is 283 g/mol. The lowest BCUT2D eigenvalue weighted by Gasteiger charge is -2.26. The summed E-state index contributed by atoms with van der Waals surface area (Å²) in [5, 5.41) is 12.4. The highest BCUT2D eigenvalue weighted by molar-refractivity contribution is 8.19. The van der Waals surface area contributed by atoms with Crippen molar-refractivity contribution in [1.82, 2.24) is 0 Å². The molecule has 0 spiro atoms. The molecule has 96 valence electrons.